The molecule has 3 N–H and O–H groups in total. The van der Waals surface area contributed by atoms with Gasteiger partial charge < -0.3 is 15.8 Å². The fourth-order valence-corrected chi connectivity index (χ4v) is 1.76. The van der Waals surface area contributed by atoms with E-state index in [0.717, 1.165) is 25.1 Å². The highest BCUT2D eigenvalue weighted by Crippen LogP contribution is 2.22. The van der Waals surface area contributed by atoms with Crippen molar-refractivity contribution in [2.45, 2.75) is 31.5 Å². The molecule has 1 aromatic rings. The van der Waals surface area contributed by atoms with Crippen LogP contribution in [0.25, 0.3) is 0 Å². The Labute approximate surface area is 89.6 Å². The number of hydrogen-bond acceptors (Lipinski definition) is 4. The highest BCUT2D eigenvalue weighted by Gasteiger charge is 2.25. The van der Waals surface area contributed by atoms with Crippen LogP contribution in [-0.2, 0) is 11.3 Å². The van der Waals surface area contributed by atoms with E-state index in [4.69, 9.17) is 10.5 Å². The summed E-state index contributed by atoms with van der Waals surface area (Å²) in [4.78, 5) is 0. The molecular formula is C10H18N4O. The molecule has 5 heteroatoms. The molecule has 1 fully saturated rings. The van der Waals surface area contributed by atoms with Gasteiger partial charge in [-0.3, -0.25) is 4.68 Å². The Kier molecular flexibility index (Phi) is 3.23. The number of aromatic nitrogens is 2. The number of anilines is 1. The van der Waals surface area contributed by atoms with Crippen molar-refractivity contribution in [3.05, 3.63) is 12.4 Å². The van der Waals surface area contributed by atoms with Crippen LogP contribution in [0, 0.1) is 0 Å². The molecule has 0 spiro atoms. The van der Waals surface area contributed by atoms with Gasteiger partial charge in [0.05, 0.1) is 25.0 Å². The lowest BCUT2D eigenvalue weighted by Gasteiger charge is -2.33. The Bertz CT molecular complexity index is 306. The second-order valence-corrected chi connectivity index (χ2v) is 4.06. The van der Waals surface area contributed by atoms with Crippen LogP contribution in [0.2, 0.25) is 0 Å². The van der Waals surface area contributed by atoms with Crippen molar-refractivity contribution >= 4 is 5.69 Å². The summed E-state index contributed by atoms with van der Waals surface area (Å²) in [6.45, 7) is 1.48. The number of nitrogens with one attached hydrogen (secondary N) is 1. The van der Waals surface area contributed by atoms with Gasteiger partial charge in [0.15, 0.2) is 0 Å². The molecule has 5 nitrogen and oxygen atoms in total. The smallest absolute Gasteiger partial charge is 0.0728 e. The second-order valence-electron chi connectivity index (χ2n) is 4.06. The minimum atomic E-state index is 0.381. The highest BCUT2D eigenvalue weighted by molar-refractivity contribution is 5.40. The van der Waals surface area contributed by atoms with Gasteiger partial charge in [0, 0.05) is 25.4 Å². The van der Waals surface area contributed by atoms with E-state index in [9.17, 15) is 0 Å². The monoisotopic (exact) mass is 210 g/mol. The third-order valence-corrected chi connectivity index (χ3v) is 2.70. The molecule has 0 bridgehead atoms. The molecule has 0 radical (unpaired) electrons. The van der Waals surface area contributed by atoms with E-state index in [1.165, 1.54) is 0 Å². The lowest BCUT2D eigenvalue weighted by molar-refractivity contribution is 0.183. The molecule has 0 atom stereocenters. The van der Waals surface area contributed by atoms with E-state index in [1.807, 2.05) is 17.1 Å². The second kappa shape index (κ2) is 4.63. The van der Waals surface area contributed by atoms with Crippen molar-refractivity contribution in [2.24, 2.45) is 5.73 Å². The molecule has 0 unspecified atom stereocenters. The predicted molar refractivity (Wildman–Crippen MR) is 58.7 cm³/mol. The van der Waals surface area contributed by atoms with Gasteiger partial charge in [-0.1, -0.05) is 0 Å². The van der Waals surface area contributed by atoms with E-state index in [0.29, 0.717) is 18.7 Å². The zero-order chi connectivity index (χ0) is 10.7. The van der Waals surface area contributed by atoms with Crippen molar-refractivity contribution < 1.29 is 4.74 Å². The van der Waals surface area contributed by atoms with Gasteiger partial charge in [0.1, 0.15) is 0 Å². The third kappa shape index (κ3) is 2.70. The molecule has 1 aromatic heterocycles. The first-order valence-corrected chi connectivity index (χ1v) is 5.31. The Balaban J connectivity index is 1.79. The molecule has 1 heterocycles. The number of methoxy groups -OCH3 is 1. The van der Waals surface area contributed by atoms with E-state index >= 15 is 0 Å². The van der Waals surface area contributed by atoms with Gasteiger partial charge in [-0.25, -0.2) is 0 Å². The number of rotatable bonds is 5. The number of hydrogen-bond donors (Lipinski definition) is 2. The largest absolute Gasteiger partial charge is 0.383 e. The standard InChI is InChI=1S/C10H18N4O/c1-15-3-2-14-7-10(6-12-14)13-9-4-8(11)5-9/h6-9,13H,2-5,11H2,1H3. The van der Waals surface area contributed by atoms with E-state index < -0.39 is 0 Å². The average molecular weight is 210 g/mol. The van der Waals surface area contributed by atoms with Crippen LogP contribution in [0.5, 0.6) is 0 Å². The first-order valence-electron chi connectivity index (χ1n) is 5.31. The summed E-state index contributed by atoms with van der Waals surface area (Å²) in [6.07, 6.45) is 5.97. The number of nitrogens with zero attached hydrogens (tertiary/aromatic N) is 2. The Hall–Kier alpha value is -1.07. The van der Waals surface area contributed by atoms with E-state index in [2.05, 4.69) is 10.4 Å². The normalized spacial score (nSPS) is 24.9. The van der Waals surface area contributed by atoms with Crippen LogP contribution in [0.3, 0.4) is 0 Å². The SMILES string of the molecule is COCCn1cc(NC2CC(N)C2)cn1. The summed E-state index contributed by atoms with van der Waals surface area (Å²) in [6, 6.07) is 0.908. The molecular weight excluding hydrogens is 192 g/mol. The number of ether oxygens (including phenoxy) is 1. The predicted octanol–water partition coefficient (Wildman–Crippen LogP) is 0.431. The first kappa shape index (κ1) is 10.4. The van der Waals surface area contributed by atoms with Crippen molar-refractivity contribution in [1.29, 1.82) is 0 Å². The lowest BCUT2D eigenvalue weighted by atomic mass is 9.87. The van der Waals surface area contributed by atoms with Crippen LogP contribution in [0.1, 0.15) is 12.8 Å². The molecule has 1 aliphatic rings. The van der Waals surface area contributed by atoms with Gasteiger partial charge in [-0.15, -0.1) is 0 Å². The summed E-state index contributed by atoms with van der Waals surface area (Å²) in [5.74, 6) is 0. The summed E-state index contributed by atoms with van der Waals surface area (Å²) in [5, 5.41) is 7.63. The van der Waals surface area contributed by atoms with Gasteiger partial charge in [0.25, 0.3) is 0 Å². The van der Waals surface area contributed by atoms with Gasteiger partial charge in [0.2, 0.25) is 0 Å². The lowest BCUT2D eigenvalue weighted by Crippen LogP contribution is -2.44. The molecule has 84 valence electrons. The molecule has 0 aliphatic heterocycles. The number of nitrogens with two attached hydrogens (primary N) is 1. The quantitative estimate of drug-likeness (QED) is 0.739. The maximum absolute atomic E-state index is 5.72. The summed E-state index contributed by atoms with van der Waals surface area (Å²) < 4.78 is 6.86. The van der Waals surface area contributed by atoms with Crippen molar-refractivity contribution in [2.75, 3.05) is 19.0 Å². The maximum atomic E-state index is 5.72. The Morgan fingerprint density at radius 2 is 2.47 bits per heavy atom. The van der Waals surface area contributed by atoms with Crippen molar-refractivity contribution in [1.82, 2.24) is 9.78 Å². The zero-order valence-corrected chi connectivity index (χ0v) is 9.02. The molecule has 0 aromatic carbocycles. The van der Waals surface area contributed by atoms with Crippen LogP contribution in [0.4, 0.5) is 5.69 Å². The molecule has 2 rings (SSSR count). The fourth-order valence-electron chi connectivity index (χ4n) is 1.76. The maximum Gasteiger partial charge on any atom is 0.0728 e. The summed E-state index contributed by atoms with van der Waals surface area (Å²) in [5.41, 5.74) is 6.79. The topological polar surface area (TPSA) is 65.1 Å². The van der Waals surface area contributed by atoms with Gasteiger partial charge in [-0.2, -0.15) is 5.10 Å². The van der Waals surface area contributed by atoms with E-state index in [-0.39, 0.29) is 0 Å². The van der Waals surface area contributed by atoms with Crippen molar-refractivity contribution in [3.8, 4) is 0 Å². The molecule has 1 saturated carbocycles. The first-order chi connectivity index (χ1) is 7.28. The molecule has 15 heavy (non-hydrogen) atoms. The Morgan fingerprint density at radius 3 is 3.13 bits per heavy atom. The zero-order valence-electron chi connectivity index (χ0n) is 9.02. The minimum Gasteiger partial charge on any atom is -0.383 e. The van der Waals surface area contributed by atoms with E-state index in [1.54, 1.807) is 7.11 Å². The van der Waals surface area contributed by atoms with Gasteiger partial charge in [-0.05, 0) is 12.8 Å². The molecule has 1 aliphatic carbocycles. The van der Waals surface area contributed by atoms with Crippen molar-refractivity contribution in [3.63, 3.8) is 0 Å². The highest BCUT2D eigenvalue weighted by atomic mass is 16.5. The molecule has 0 amide bonds. The van der Waals surface area contributed by atoms with Crippen LogP contribution in [0.15, 0.2) is 12.4 Å². The summed E-state index contributed by atoms with van der Waals surface area (Å²) in [7, 11) is 1.69. The fraction of sp³-hybridized carbons (Fsp3) is 0.700. The minimum absolute atomic E-state index is 0.381. The Morgan fingerprint density at radius 1 is 1.67 bits per heavy atom. The van der Waals surface area contributed by atoms with Crippen LogP contribution >= 0.6 is 0 Å². The average Bonchev–Trinajstić information content (AvgIpc) is 2.60. The molecule has 0 saturated heterocycles. The van der Waals surface area contributed by atoms with Gasteiger partial charge >= 0.3 is 0 Å². The van der Waals surface area contributed by atoms with Crippen LogP contribution in [-0.4, -0.2) is 35.6 Å². The third-order valence-electron chi connectivity index (χ3n) is 2.70. The summed E-state index contributed by atoms with van der Waals surface area (Å²) >= 11 is 0. The van der Waals surface area contributed by atoms with Crippen LogP contribution < -0.4 is 11.1 Å².